The van der Waals surface area contributed by atoms with E-state index in [0.717, 1.165) is 11.3 Å². The van der Waals surface area contributed by atoms with Gasteiger partial charge in [-0.1, -0.05) is 13.8 Å². The molecule has 0 saturated heterocycles. The second kappa shape index (κ2) is 8.11. The number of aryl methyl sites for hydroxylation is 1. The standard InChI is InChI=1S/C18H22N2O4S/c1-10(2)9-14(18(22)23)20-16(21)15-11(3)19-17(25-15)12-5-7-13(24-4)8-6-12/h5-8,10,14H,9H2,1-4H3,(H,20,21)(H,22,23). The van der Waals surface area contributed by atoms with Gasteiger partial charge in [-0.15, -0.1) is 11.3 Å². The van der Waals surface area contributed by atoms with Crippen LogP contribution in [0.5, 0.6) is 5.75 Å². The first-order valence-electron chi connectivity index (χ1n) is 7.97. The van der Waals surface area contributed by atoms with Crippen LogP contribution in [0, 0.1) is 12.8 Å². The number of hydrogen-bond donors (Lipinski definition) is 2. The van der Waals surface area contributed by atoms with Crippen LogP contribution in [-0.4, -0.2) is 35.1 Å². The Bertz CT molecular complexity index is 753. The van der Waals surface area contributed by atoms with Crippen LogP contribution in [-0.2, 0) is 4.79 Å². The van der Waals surface area contributed by atoms with Crippen LogP contribution < -0.4 is 10.1 Å². The molecule has 1 unspecified atom stereocenters. The number of thiazole rings is 1. The lowest BCUT2D eigenvalue weighted by atomic mass is 10.0. The van der Waals surface area contributed by atoms with Crippen LogP contribution >= 0.6 is 11.3 Å². The SMILES string of the molecule is COc1ccc(-c2nc(C)c(C(=O)NC(CC(C)C)C(=O)O)s2)cc1. The smallest absolute Gasteiger partial charge is 0.326 e. The first-order valence-corrected chi connectivity index (χ1v) is 8.79. The average molecular weight is 362 g/mol. The number of rotatable bonds is 7. The van der Waals surface area contributed by atoms with E-state index in [1.54, 1.807) is 14.0 Å². The molecule has 0 spiro atoms. The van der Waals surface area contributed by atoms with Gasteiger partial charge in [0.2, 0.25) is 0 Å². The van der Waals surface area contributed by atoms with E-state index < -0.39 is 17.9 Å². The highest BCUT2D eigenvalue weighted by molar-refractivity contribution is 7.17. The van der Waals surface area contributed by atoms with Crippen molar-refractivity contribution in [2.45, 2.75) is 33.2 Å². The van der Waals surface area contributed by atoms with Crippen LogP contribution in [0.15, 0.2) is 24.3 Å². The summed E-state index contributed by atoms with van der Waals surface area (Å²) in [5.41, 5.74) is 1.46. The molecule has 134 valence electrons. The Hall–Kier alpha value is -2.41. The van der Waals surface area contributed by atoms with Crippen molar-refractivity contribution < 1.29 is 19.4 Å². The number of aliphatic carboxylic acids is 1. The van der Waals surface area contributed by atoms with E-state index in [0.29, 0.717) is 22.0 Å². The van der Waals surface area contributed by atoms with E-state index in [4.69, 9.17) is 4.74 Å². The van der Waals surface area contributed by atoms with Gasteiger partial charge < -0.3 is 15.2 Å². The highest BCUT2D eigenvalue weighted by Gasteiger charge is 2.24. The Balaban J connectivity index is 2.20. The summed E-state index contributed by atoms with van der Waals surface area (Å²) in [5.74, 6) is -0.519. The second-order valence-corrected chi connectivity index (χ2v) is 7.15. The number of amides is 1. The fourth-order valence-electron chi connectivity index (χ4n) is 2.38. The maximum Gasteiger partial charge on any atom is 0.326 e. The molecular weight excluding hydrogens is 340 g/mol. The van der Waals surface area contributed by atoms with Gasteiger partial charge in [-0.3, -0.25) is 4.79 Å². The fourth-order valence-corrected chi connectivity index (χ4v) is 3.36. The number of carboxylic acid groups (broad SMARTS) is 1. The van der Waals surface area contributed by atoms with E-state index in [-0.39, 0.29) is 5.92 Å². The van der Waals surface area contributed by atoms with Crippen molar-refractivity contribution in [3.63, 3.8) is 0 Å². The molecule has 0 aliphatic carbocycles. The number of carbonyl (C=O) groups excluding carboxylic acids is 1. The Morgan fingerprint density at radius 3 is 2.44 bits per heavy atom. The van der Waals surface area contributed by atoms with E-state index >= 15 is 0 Å². The Labute approximate surface area is 150 Å². The number of benzene rings is 1. The van der Waals surface area contributed by atoms with E-state index in [9.17, 15) is 14.7 Å². The van der Waals surface area contributed by atoms with Gasteiger partial charge in [-0.05, 0) is 43.5 Å². The number of nitrogens with zero attached hydrogens (tertiary/aromatic N) is 1. The van der Waals surface area contributed by atoms with Crippen LogP contribution in [0.3, 0.4) is 0 Å². The van der Waals surface area contributed by atoms with Crippen molar-refractivity contribution in [1.82, 2.24) is 10.3 Å². The minimum Gasteiger partial charge on any atom is -0.497 e. The summed E-state index contributed by atoms with van der Waals surface area (Å²) in [5, 5.41) is 12.6. The van der Waals surface area contributed by atoms with Gasteiger partial charge in [0.1, 0.15) is 21.7 Å². The molecule has 1 aromatic heterocycles. The normalized spacial score (nSPS) is 12.0. The summed E-state index contributed by atoms with van der Waals surface area (Å²) in [7, 11) is 1.60. The average Bonchev–Trinajstić information content (AvgIpc) is 2.95. The maximum atomic E-state index is 12.5. The summed E-state index contributed by atoms with van der Waals surface area (Å²) in [4.78, 5) is 28.7. The number of carbonyl (C=O) groups is 2. The van der Waals surface area contributed by atoms with Crippen LogP contribution in [0.25, 0.3) is 10.6 Å². The van der Waals surface area contributed by atoms with E-state index in [1.165, 1.54) is 11.3 Å². The highest BCUT2D eigenvalue weighted by atomic mass is 32.1. The number of ether oxygens (including phenoxy) is 1. The summed E-state index contributed by atoms with van der Waals surface area (Å²) >= 11 is 1.25. The molecule has 0 bridgehead atoms. The van der Waals surface area contributed by atoms with Gasteiger partial charge in [0.15, 0.2) is 0 Å². The molecule has 1 aromatic carbocycles. The Kier molecular flexibility index (Phi) is 6.14. The zero-order chi connectivity index (χ0) is 18.6. The fraction of sp³-hybridized carbons (Fsp3) is 0.389. The molecule has 0 radical (unpaired) electrons. The molecule has 0 saturated carbocycles. The lowest BCUT2D eigenvalue weighted by Crippen LogP contribution is -2.41. The van der Waals surface area contributed by atoms with Crippen molar-refractivity contribution in [2.75, 3.05) is 7.11 Å². The number of nitrogens with one attached hydrogen (secondary N) is 1. The second-order valence-electron chi connectivity index (χ2n) is 6.16. The molecule has 0 fully saturated rings. The van der Waals surface area contributed by atoms with E-state index in [2.05, 4.69) is 10.3 Å². The molecule has 2 rings (SSSR count). The zero-order valence-electron chi connectivity index (χ0n) is 14.7. The van der Waals surface area contributed by atoms with Crippen molar-refractivity contribution in [3.8, 4) is 16.3 Å². The van der Waals surface area contributed by atoms with Gasteiger partial charge in [-0.25, -0.2) is 9.78 Å². The number of methoxy groups -OCH3 is 1. The summed E-state index contributed by atoms with van der Waals surface area (Å²) in [6.45, 7) is 5.58. The number of carboxylic acids is 1. The van der Waals surface area contributed by atoms with Gasteiger partial charge in [0, 0.05) is 5.56 Å². The van der Waals surface area contributed by atoms with Gasteiger partial charge in [0.05, 0.1) is 12.8 Å². The van der Waals surface area contributed by atoms with Gasteiger partial charge in [-0.2, -0.15) is 0 Å². The van der Waals surface area contributed by atoms with Crippen LogP contribution in [0.4, 0.5) is 0 Å². The van der Waals surface area contributed by atoms with Crippen molar-refractivity contribution in [2.24, 2.45) is 5.92 Å². The molecule has 1 amide bonds. The largest absolute Gasteiger partial charge is 0.497 e. The number of hydrogen-bond acceptors (Lipinski definition) is 5. The monoisotopic (exact) mass is 362 g/mol. The predicted molar refractivity (Wildman–Crippen MR) is 97.2 cm³/mol. The van der Waals surface area contributed by atoms with Gasteiger partial charge >= 0.3 is 5.97 Å². The molecule has 0 aliphatic rings. The van der Waals surface area contributed by atoms with Crippen LogP contribution in [0.1, 0.15) is 35.6 Å². The maximum absolute atomic E-state index is 12.5. The quantitative estimate of drug-likeness (QED) is 0.788. The number of aromatic nitrogens is 1. The first kappa shape index (κ1) is 18.9. The third kappa shape index (κ3) is 4.79. The summed E-state index contributed by atoms with van der Waals surface area (Å²) in [6, 6.07) is 6.50. The highest BCUT2D eigenvalue weighted by Crippen LogP contribution is 2.29. The molecule has 0 aliphatic heterocycles. The lowest BCUT2D eigenvalue weighted by molar-refractivity contribution is -0.139. The third-order valence-electron chi connectivity index (χ3n) is 3.65. The van der Waals surface area contributed by atoms with Crippen molar-refractivity contribution >= 4 is 23.2 Å². The first-order chi connectivity index (χ1) is 11.8. The van der Waals surface area contributed by atoms with Crippen molar-refractivity contribution in [1.29, 1.82) is 0 Å². The van der Waals surface area contributed by atoms with Gasteiger partial charge in [0.25, 0.3) is 5.91 Å². The molecule has 2 aromatic rings. The third-order valence-corrected chi connectivity index (χ3v) is 4.86. The lowest BCUT2D eigenvalue weighted by Gasteiger charge is -2.15. The van der Waals surface area contributed by atoms with E-state index in [1.807, 2.05) is 38.1 Å². The minimum atomic E-state index is -1.03. The Morgan fingerprint density at radius 1 is 1.28 bits per heavy atom. The molecule has 2 N–H and O–H groups in total. The molecular formula is C18H22N2O4S. The topological polar surface area (TPSA) is 88.5 Å². The van der Waals surface area contributed by atoms with Crippen LogP contribution in [0.2, 0.25) is 0 Å². The summed E-state index contributed by atoms with van der Waals surface area (Å²) in [6.07, 6.45) is 0.379. The zero-order valence-corrected chi connectivity index (χ0v) is 15.5. The molecule has 6 nitrogen and oxygen atoms in total. The predicted octanol–water partition coefficient (Wildman–Crippen LogP) is 3.36. The molecule has 7 heteroatoms. The Morgan fingerprint density at radius 2 is 1.92 bits per heavy atom. The summed E-state index contributed by atoms with van der Waals surface area (Å²) < 4.78 is 5.13. The molecule has 25 heavy (non-hydrogen) atoms. The van der Waals surface area contributed by atoms with Crippen molar-refractivity contribution in [3.05, 3.63) is 34.8 Å². The minimum absolute atomic E-state index is 0.166. The molecule has 1 heterocycles. The molecule has 1 atom stereocenters.